The number of hydrogen-bond donors (Lipinski definition) is 0. The van der Waals surface area contributed by atoms with Crippen LogP contribution in [0.4, 0.5) is 16.2 Å². The molecule has 1 aromatic carbocycles. The fraction of sp³-hybridized carbons (Fsp3) is 0.611. The van der Waals surface area contributed by atoms with Crippen LogP contribution < -0.4 is 4.90 Å². The number of nitro groups is 1. The van der Waals surface area contributed by atoms with Crippen LogP contribution in [0.3, 0.4) is 0 Å². The summed E-state index contributed by atoms with van der Waals surface area (Å²) in [7, 11) is 0. The number of hydrogen-bond acceptors (Lipinski definition) is 5. The minimum absolute atomic E-state index is 0.111. The SMILES string of the molecule is CC(C)(C)OC(=O)N1CC2CCN(c3ccc(Br)cc3[N+](=O)[O-])CC2C1. The summed E-state index contributed by atoms with van der Waals surface area (Å²) in [5.41, 5.74) is 0.252. The Morgan fingerprint density at radius 1 is 1.27 bits per heavy atom. The topological polar surface area (TPSA) is 75.9 Å². The monoisotopic (exact) mass is 425 g/mol. The van der Waals surface area contributed by atoms with E-state index in [4.69, 9.17) is 4.74 Å². The summed E-state index contributed by atoms with van der Waals surface area (Å²) >= 11 is 3.30. The molecule has 2 saturated heterocycles. The first kappa shape index (κ1) is 18.9. The lowest BCUT2D eigenvalue weighted by atomic mass is 9.88. The van der Waals surface area contributed by atoms with Gasteiger partial charge in [0.2, 0.25) is 0 Å². The number of carbonyl (C=O) groups is 1. The van der Waals surface area contributed by atoms with Crippen molar-refractivity contribution in [2.75, 3.05) is 31.1 Å². The van der Waals surface area contributed by atoms with Gasteiger partial charge in [-0.3, -0.25) is 10.1 Å². The van der Waals surface area contributed by atoms with Crippen molar-refractivity contribution in [1.29, 1.82) is 0 Å². The summed E-state index contributed by atoms with van der Waals surface area (Å²) in [6.07, 6.45) is 0.644. The van der Waals surface area contributed by atoms with Crippen LogP contribution >= 0.6 is 15.9 Å². The van der Waals surface area contributed by atoms with Crippen LogP contribution in [0.15, 0.2) is 22.7 Å². The number of nitro benzene ring substituents is 1. The second-order valence-electron chi connectivity index (χ2n) is 8.03. The van der Waals surface area contributed by atoms with Gasteiger partial charge in [0.05, 0.1) is 4.92 Å². The number of likely N-dealkylation sites (tertiary alicyclic amines) is 1. The first-order valence-electron chi connectivity index (χ1n) is 8.81. The lowest BCUT2D eigenvalue weighted by Crippen LogP contribution is -2.40. The van der Waals surface area contributed by atoms with Gasteiger partial charge in [-0.15, -0.1) is 0 Å². The number of carbonyl (C=O) groups excluding carboxylic acids is 1. The van der Waals surface area contributed by atoms with Crippen LogP contribution in [0.1, 0.15) is 27.2 Å². The Balaban J connectivity index is 1.71. The van der Waals surface area contributed by atoms with E-state index >= 15 is 0 Å². The van der Waals surface area contributed by atoms with Gasteiger partial charge in [0, 0.05) is 36.7 Å². The Kier molecular flexibility index (Phi) is 5.14. The Bertz CT molecular complexity index is 719. The zero-order valence-corrected chi connectivity index (χ0v) is 16.9. The Morgan fingerprint density at radius 3 is 2.62 bits per heavy atom. The van der Waals surface area contributed by atoms with Gasteiger partial charge in [-0.25, -0.2) is 4.79 Å². The van der Waals surface area contributed by atoms with Crippen LogP contribution in [0.25, 0.3) is 0 Å². The first-order chi connectivity index (χ1) is 12.1. The zero-order chi connectivity index (χ0) is 19.1. The molecule has 0 saturated carbocycles. The Labute approximate surface area is 161 Å². The normalized spacial score (nSPS) is 22.9. The Hall–Kier alpha value is -1.83. The average molecular weight is 426 g/mol. The second kappa shape index (κ2) is 7.06. The molecule has 2 aliphatic rings. The maximum Gasteiger partial charge on any atom is 0.410 e. The zero-order valence-electron chi connectivity index (χ0n) is 15.3. The molecule has 2 unspecified atom stereocenters. The number of fused-ring (bicyclic) bond motifs is 1. The van der Waals surface area contributed by atoms with Crippen molar-refractivity contribution in [3.8, 4) is 0 Å². The first-order valence-corrected chi connectivity index (χ1v) is 9.60. The van der Waals surface area contributed by atoms with Gasteiger partial charge in [0.1, 0.15) is 11.3 Å². The molecule has 8 heteroatoms. The van der Waals surface area contributed by atoms with Crippen LogP contribution in [-0.2, 0) is 4.74 Å². The lowest BCUT2D eigenvalue weighted by molar-refractivity contribution is -0.384. The molecule has 2 heterocycles. The van der Waals surface area contributed by atoms with Crippen molar-refractivity contribution in [2.24, 2.45) is 11.8 Å². The maximum absolute atomic E-state index is 12.3. The van der Waals surface area contributed by atoms with Crippen molar-refractivity contribution >= 4 is 33.4 Å². The molecule has 0 aliphatic carbocycles. The number of benzene rings is 1. The van der Waals surface area contributed by atoms with Crippen molar-refractivity contribution < 1.29 is 14.5 Å². The number of nitrogens with zero attached hydrogens (tertiary/aromatic N) is 3. The van der Waals surface area contributed by atoms with E-state index in [-0.39, 0.29) is 16.7 Å². The van der Waals surface area contributed by atoms with Crippen molar-refractivity contribution in [3.05, 3.63) is 32.8 Å². The van der Waals surface area contributed by atoms with E-state index in [1.165, 1.54) is 0 Å². The standard InChI is InChI=1S/C18H24BrN3O4/c1-18(2,3)26-17(23)21-9-12-6-7-20(10-13(12)11-21)15-5-4-14(19)8-16(15)22(24)25/h4-5,8,12-13H,6-7,9-11H2,1-3H3. The molecule has 7 nitrogen and oxygen atoms in total. The molecule has 0 spiro atoms. The van der Waals surface area contributed by atoms with Gasteiger partial charge in [-0.2, -0.15) is 0 Å². The van der Waals surface area contributed by atoms with Crippen LogP contribution in [0.2, 0.25) is 0 Å². The maximum atomic E-state index is 12.3. The minimum Gasteiger partial charge on any atom is -0.444 e. The van der Waals surface area contributed by atoms with Crippen molar-refractivity contribution in [3.63, 3.8) is 0 Å². The Morgan fingerprint density at radius 2 is 1.96 bits per heavy atom. The van der Waals surface area contributed by atoms with Gasteiger partial charge in [-0.05, 0) is 51.2 Å². The van der Waals surface area contributed by atoms with Gasteiger partial charge in [0.25, 0.3) is 5.69 Å². The smallest absolute Gasteiger partial charge is 0.410 e. The van der Waals surface area contributed by atoms with Gasteiger partial charge in [-0.1, -0.05) is 15.9 Å². The molecule has 0 radical (unpaired) electrons. The quantitative estimate of drug-likeness (QED) is 0.527. The number of amides is 1. The third-order valence-electron chi connectivity index (χ3n) is 4.93. The van der Waals surface area contributed by atoms with E-state index in [2.05, 4.69) is 20.8 Å². The minimum atomic E-state index is -0.505. The molecule has 26 heavy (non-hydrogen) atoms. The summed E-state index contributed by atoms with van der Waals surface area (Å²) < 4.78 is 6.18. The molecule has 2 atom stereocenters. The van der Waals surface area contributed by atoms with Gasteiger partial charge >= 0.3 is 6.09 Å². The van der Waals surface area contributed by atoms with Crippen molar-refractivity contribution in [2.45, 2.75) is 32.8 Å². The largest absolute Gasteiger partial charge is 0.444 e. The van der Waals surface area contributed by atoms with E-state index < -0.39 is 5.60 Å². The summed E-state index contributed by atoms with van der Waals surface area (Å²) in [6.45, 7) is 8.40. The predicted molar refractivity (Wildman–Crippen MR) is 102 cm³/mol. The highest BCUT2D eigenvalue weighted by Gasteiger charge is 2.41. The fourth-order valence-electron chi connectivity index (χ4n) is 3.77. The molecular formula is C18H24BrN3O4. The van der Waals surface area contributed by atoms with E-state index in [9.17, 15) is 14.9 Å². The summed E-state index contributed by atoms with van der Waals surface area (Å²) in [5.74, 6) is 0.729. The molecule has 0 aromatic heterocycles. The van der Waals surface area contributed by atoms with Gasteiger partial charge in [0.15, 0.2) is 0 Å². The van der Waals surface area contributed by atoms with Crippen molar-refractivity contribution in [1.82, 2.24) is 4.90 Å². The number of anilines is 1. The number of halogens is 1. The third-order valence-corrected chi connectivity index (χ3v) is 5.42. The van der Waals surface area contributed by atoms with E-state index in [1.807, 2.05) is 26.8 Å². The molecule has 1 aromatic rings. The number of piperidine rings is 1. The van der Waals surface area contributed by atoms with Gasteiger partial charge < -0.3 is 14.5 Å². The third kappa shape index (κ3) is 4.11. The van der Waals surface area contributed by atoms with E-state index in [0.29, 0.717) is 41.6 Å². The van der Waals surface area contributed by atoms with E-state index in [1.54, 1.807) is 17.0 Å². The molecule has 2 aliphatic heterocycles. The predicted octanol–water partition coefficient (Wildman–Crippen LogP) is 4.05. The average Bonchev–Trinajstić information content (AvgIpc) is 2.96. The molecule has 3 rings (SSSR count). The molecule has 0 N–H and O–H groups in total. The number of ether oxygens (including phenoxy) is 1. The van der Waals surface area contributed by atoms with Crippen LogP contribution in [-0.4, -0.2) is 47.7 Å². The van der Waals surface area contributed by atoms with E-state index in [0.717, 1.165) is 13.0 Å². The summed E-state index contributed by atoms with van der Waals surface area (Å²) in [5, 5.41) is 11.4. The highest BCUT2D eigenvalue weighted by molar-refractivity contribution is 9.10. The summed E-state index contributed by atoms with van der Waals surface area (Å²) in [4.78, 5) is 27.3. The second-order valence-corrected chi connectivity index (χ2v) is 8.95. The summed E-state index contributed by atoms with van der Waals surface area (Å²) in [6, 6.07) is 5.17. The molecular weight excluding hydrogens is 402 g/mol. The van der Waals surface area contributed by atoms with Crippen LogP contribution in [0.5, 0.6) is 0 Å². The number of rotatable bonds is 2. The molecule has 1 amide bonds. The molecule has 0 bridgehead atoms. The molecule has 2 fully saturated rings. The van der Waals surface area contributed by atoms with Crippen LogP contribution in [0, 0.1) is 22.0 Å². The highest BCUT2D eigenvalue weighted by Crippen LogP contribution is 2.38. The molecule has 142 valence electrons. The highest BCUT2D eigenvalue weighted by atomic mass is 79.9. The lowest BCUT2D eigenvalue weighted by Gasteiger charge is -2.35. The fourth-order valence-corrected chi connectivity index (χ4v) is 4.12.